The number of nitrogen functional groups attached to an aromatic ring is 1. The molecule has 0 saturated carbocycles. The van der Waals surface area contributed by atoms with Crippen LogP contribution in [0.2, 0.25) is 0 Å². The zero-order valence-corrected chi connectivity index (χ0v) is 27.0. The summed E-state index contributed by atoms with van der Waals surface area (Å²) in [4.78, 5) is 50.8. The van der Waals surface area contributed by atoms with E-state index < -0.39 is 58.0 Å². The Hall–Kier alpha value is 1.04. The zero-order chi connectivity index (χ0) is 23.7. The van der Waals surface area contributed by atoms with Gasteiger partial charge in [-0.25, -0.2) is 9.88 Å². The Labute approximate surface area is 266 Å². The summed E-state index contributed by atoms with van der Waals surface area (Å²) in [5, 5.41) is 22.0. The van der Waals surface area contributed by atoms with Gasteiger partial charge >= 0.3 is 94.4 Å². The molecular formula is C16H19N4Na3O10P2. The van der Waals surface area contributed by atoms with Gasteiger partial charge in [0, 0.05) is 6.20 Å². The minimum absolute atomic E-state index is 0. The first kappa shape index (κ1) is 36.0. The van der Waals surface area contributed by atoms with E-state index in [9.17, 15) is 38.8 Å². The van der Waals surface area contributed by atoms with E-state index in [1.807, 2.05) is 0 Å². The third-order valence-electron chi connectivity index (χ3n) is 4.58. The maximum atomic E-state index is 12.3. The van der Waals surface area contributed by atoms with Gasteiger partial charge < -0.3 is 44.5 Å². The van der Waals surface area contributed by atoms with Crippen molar-refractivity contribution in [3.63, 3.8) is 0 Å². The number of nitrogens with two attached hydrogens (primary N) is 1. The van der Waals surface area contributed by atoms with Crippen LogP contribution in [0.5, 0.6) is 0 Å². The molecule has 3 rings (SSSR count). The van der Waals surface area contributed by atoms with E-state index in [2.05, 4.69) is 9.51 Å². The van der Waals surface area contributed by atoms with Gasteiger partial charge in [0.2, 0.25) is 7.75 Å². The average molecular weight is 558 g/mol. The molecule has 35 heavy (non-hydrogen) atoms. The van der Waals surface area contributed by atoms with Gasteiger partial charge in [0.1, 0.15) is 24.1 Å². The molecule has 0 spiro atoms. The first-order chi connectivity index (χ1) is 14.9. The molecule has 1 fully saturated rings. The van der Waals surface area contributed by atoms with Gasteiger partial charge in [-0.05, 0) is 19.2 Å². The summed E-state index contributed by atoms with van der Waals surface area (Å²) in [6, 6.07) is 8.09. The second kappa shape index (κ2) is 15.0. The number of nitrogens with zero attached hydrogens (tertiary/aromatic N) is 2. The van der Waals surface area contributed by atoms with Gasteiger partial charge in [-0.15, -0.1) is 0 Å². The summed E-state index contributed by atoms with van der Waals surface area (Å²) in [5.41, 5.74) is 4.38. The molecule has 2 aromatic rings. The van der Waals surface area contributed by atoms with Gasteiger partial charge in [0.15, 0.2) is 6.23 Å². The van der Waals surface area contributed by atoms with Gasteiger partial charge in [0.05, 0.1) is 12.4 Å². The number of aromatic nitrogens is 2. The molecule has 19 heteroatoms. The fourth-order valence-electron chi connectivity index (χ4n) is 3.04. The van der Waals surface area contributed by atoms with Gasteiger partial charge in [0.25, 0.3) is 0 Å². The minimum atomic E-state index is -5.46. The Bertz CT molecular complexity index is 1110. The summed E-state index contributed by atoms with van der Waals surface area (Å²) >= 11 is 0. The van der Waals surface area contributed by atoms with E-state index in [4.69, 9.17) is 10.5 Å². The van der Waals surface area contributed by atoms with Crippen molar-refractivity contribution in [2.75, 3.05) is 12.3 Å². The first-order valence-corrected chi connectivity index (χ1v) is 12.2. The van der Waals surface area contributed by atoms with Crippen LogP contribution in [-0.2, 0) is 18.4 Å². The molecule has 1 aliphatic rings. The van der Waals surface area contributed by atoms with Crippen LogP contribution in [0.15, 0.2) is 47.4 Å². The first-order valence-electron chi connectivity index (χ1n) is 9.05. The molecule has 0 amide bonds. The van der Waals surface area contributed by atoms with Crippen molar-refractivity contribution < 1.29 is 132 Å². The van der Waals surface area contributed by atoms with E-state index in [0.717, 1.165) is 4.57 Å². The quantitative estimate of drug-likeness (QED) is 0.174. The van der Waals surface area contributed by atoms with E-state index >= 15 is 0 Å². The van der Waals surface area contributed by atoms with Crippen molar-refractivity contribution >= 4 is 21.2 Å². The van der Waals surface area contributed by atoms with Crippen molar-refractivity contribution in [1.29, 1.82) is 0 Å². The van der Waals surface area contributed by atoms with E-state index in [-0.39, 0.29) is 100 Å². The Kier molecular flexibility index (Phi) is 15.4. The van der Waals surface area contributed by atoms with Crippen molar-refractivity contribution in [3.05, 3.63) is 58.6 Å². The van der Waals surface area contributed by atoms with Gasteiger partial charge in [-0.2, -0.15) is 4.98 Å². The second-order valence-corrected chi connectivity index (χ2v) is 9.97. The Morgan fingerprint density at radius 1 is 1.11 bits per heavy atom. The maximum Gasteiger partial charge on any atom is 1.00 e. The standard InChI is InChI=1S/C16H22N4O10P2.3Na/c17-11-6-7-20(16(23)18-11)15-13(22)12(21)10(30-15)8-29-32(27,28)19-14(31(24,25)26)9-4-2-1-3-5-9;;;/h1-7,10,12-15,21-22H,8H2,(H2,17,18,23)(H2,19,27,28)(H2,24,25,26);;;/q;3*+1/p-3/t10-,12-,13-,14-,15?;;;/m1.../s1. The van der Waals surface area contributed by atoms with Crippen LogP contribution in [-0.4, -0.2) is 44.7 Å². The summed E-state index contributed by atoms with van der Waals surface area (Å²) < 4.78 is 34.7. The van der Waals surface area contributed by atoms with E-state index in [0.29, 0.717) is 0 Å². The summed E-state index contributed by atoms with van der Waals surface area (Å²) in [6.45, 7) is -0.858. The molecule has 0 aliphatic carbocycles. The van der Waals surface area contributed by atoms with Gasteiger partial charge in [-0.1, -0.05) is 30.3 Å². The van der Waals surface area contributed by atoms with Crippen molar-refractivity contribution in [2.45, 2.75) is 30.3 Å². The predicted molar refractivity (Wildman–Crippen MR) is 102 cm³/mol. The molecule has 2 heterocycles. The molecule has 1 aliphatic heterocycles. The molecule has 0 radical (unpaired) electrons. The third kappa shape index (κ3) is 9.63. The van der Waals surface area contributed by atoms with Crippen LogP contribution in [0.3, 0.4) is 0 Å². The molecule has 1 aromatic carbocycles. The molecule has 176 valence electrons. The molecule has 2 unspecified atom stereocenters. The van der Waals surface area contributed by atoms with E-state index in [1.165, 1.54) is 42.6 Å². The van der Waals surface area contributed by atoms with Crippen molar-refractivity contribution in [3.8, 4) is 0 Å². The number of rotatable bonds is 8. The maximum absolute atomic E-state index is 12.3. The molecule has 5 N–H and O–H groups in total. The van der Waals surface area contributed by atoms with Crippen LogP contribution in [0.1, 0.15) is 17.6 Å². The summed E-state index contributed by atoms with van der Waals surface area (Å²) in [7, 11) is -10.6. The monoisotopic (exact) mass is 558 g/mol. The van der Waals surface area contributed by atoms with Crippen LogP contribution in [0.25, 0.3) is 0 Å². The number of ether oxygens (including phenoxy) is 1. The topological polar surface area (TPSA) is 235 Å². The van der Waals surface area contributed by atoms with Crippen LogP contribution < -0.4 is 120 Å². The Morgan fingerprint density at radius 2 is 1.71 bits per heavy atom. The average Bonchev–Trinajstić information content (AvgIpc) is 2.99. The minimum Gasteiger partial charge on any atom is -0.809 e. The number of nitrogens with one attached hydrogen (secondary N) is 1. The van der Waals surface area contributed by atoms with Crippen LogP contribution in [0.4, 0.5) is 5.82 Å². The molecule has 1 aromatic heterocycles. The smallest absolute Gasteiger partial charge is 0.809 e. The third-order valence-corrected chi connectivity index (χ3v) is 6.91. The number of hydrogen-bond donors (Lipinski definition) is 4. The Balaban J connectivity index is 0.00000385. The van der Waals surface area contributed by atoms with E-state index in [1.54, 1.807) is 5.09 Å². The molecule has 1 saturated heterocycles. The van der Waals surface area contributed by atoms with Crippen LogP contribution in [0, 0.1) is 0 Å². The van der Waals surface area contributed by atoms with Crippen molar-refractivity contribution in [1.82, 2.24) is 14.6 Å². The second-order valence-electron chi connectivity index (χ2n) is 6.86. The fourth-order valence-corrected chi connectivity index (χ4v) is 5.43. The predicted octanol–water partition coefficient (Wildman–Crippen LogP) is -11.9. The molecular weight excluding hydrogens is 539 g/mol. The Morgan fingerprint density at radius 3 is 2.26 bits per heavy atom. The molecule has 14 nitrogen and oxygen atoms in total. The number of hydrogen-bond acceptors (Lipinski definition) is 12. The normalized spacial score (nSPS) is 24.3. The molecule has 6 atom stereocenters. The number of anilines is 1. The largest absolute Gasteiger partial charge is 1.00 e. The van der Waals surface area contributed by atoms with Gasteiger partial charge in [-0.3, -0.25) is 9.13 Å². The summed E-state index contributed by atoms with van der Waals surface area (Å²) in [6.07, 6.45) is -4.99. The van der Waals surface area contributed by atoms with Crippen LogP contribution >= 0.6 is 15.3 Å². The number of aliphatic hydroxyl groups is 2. The molecule has 0 bridgehead atoms. The summed E-state index contributed by atoms with van der Waals surface area (Å²) in [5.74, 6) is -2.21. The zero-order valence-electron chi connectivity index (χ0n) is 19.2. The number of benzene rings is 1. The fraction of sp³-hybridized carbons (Fsp3) is 0.375. The number of aliphatic hydroxyl groups excluding tert-OH is 2. The van der Waals surface area contributed by atoms with Crippen molar-refractivity contribution in [2.24, 2.45) is 0 Å². The SMILES string of the molecule is Nc1ccn(C2O[C@H](COP(=O)([O-])N[C@@H](c3ccccc3)P(=O)([O-])[O-])[C@@H](O)[C@H]2O)c(=O)n1.[Na+].[Na+].[Na+].